The van der Waals surface area contributed by atoms with Crippen LogP contribution >= 0.6 is 0 Å². The summed E-state index contributed by atoms with van der Waals surface area (Å²) in [6.07, 6.45) is 5.72. The van der Waals surface area contributed by atoms with Gasteiger partial charge < -0.3 is 4.74 Å². The Morgan fingerprint density at radius 3 is 2.53 bits per heavy atom. The molecule has 180 valence electrons. The number of benzene rings is 3. The second kappa shape index (κ2) is 9.53. The van der Waals surface area contributed by atoms with E-state index in [-0.39, 0.29) is 12.6 Å². The van der Waals surface area contributed by atoms with Gasteiger partial charge in [0.05, 0.1) is 12.6 Å². The summed E-state index contributed by atoms with van der Waals surface area (Å²) >= 11 is 0. The molecule has 6 rings (SSSR count). The third kappa shape index (κ3) is 3.92. The zero-order valence-electron chi connectivity index (χ0n) is 20.4. The number of hydrogen-bond donors (Lipinski definition) is 0. The Hall–Kier alpha value is -4.06. The van der Waals surface area contributed by atoms with Crippen LogP contribution in [0, 0.1) is 0 Å². The molecule has 0 bridgehead atoms. The van der Waals surface area contributed by atoms with Crippen molar-refractivity contribution in [3.8, 4) is 11.3 Å². The second-order valence-electron chi connectivity index (χ2n) is 9.28. The van der Waals surface area contributed by atoms with Gasteiger partial charge in [-0.15, -0.1) is 0 Å². The summed E-state index contributed by atoms with van der Waals surface area (Å²) in [7, 11) is 0. The largest absolute Gasteiger partial charge is 0.462 e. The maximum Gasteiger partial charge on any atom is 0.344 e. The first-order chi connectivity index (χ1) is 17.7. The van der Waals surface area contributed by atoms with Crippen LogP contribution in [-0.2, 0) is 4.74 Å². The summed E-state index contributed by atoms with van der Waals surface area (Å²) in [5, 5.41) is 7.17. The molecular weight excluding hydrogens is 448 g/mol. The van der Waals surface area contributed by atoms with E-state index in [1.54, 1.807) is 4.68 Å². The van der Waals surface area contributed by atoms with Crippen LogP contribution in [-0.4, -0.2) is 39.9 Å². The smallest absolute Gasteiger partial charge is 0.344 e. The van der Waals surface area contributed by atoms with E-state index in [0.29, 0.717) is 22.9 Å². The number of carbonyl (C=O) groups is 1. The lowest BCUT2D eigenvalue weighted by Crippen LogP contribution is -2.24. The Balaban J connectivity index is 1.59. The molecule has 1 aromatic heterocycles. The van der Waals surface area contributed by atoms with Crippen molar-refractivity contribution in [3.63, 3.8) is 0 Å². The molecule has 0 saturated heterocycles. The zero-order valence-corrected chi connectivity index (χ0v) is 20.4. The van der Waals surface area contributed by atoms with Crippen molar-refractivity contribution >= 4 is 34.1 Å². The minimum absolute atomic E-state index is 0.218. The summed E-state index contributed by atoms with van der Waals surface area (Å²) in [5.74, 6) is 0.781. The highest BCUT2D eigenvalue weighted by Gasteiger charge is 2.35. The monoisotopic (exact) mass is 476 g/mol. The fourth-order valence-corrected chi connectivity index (χ4v) is 5.22. The average molecular weight is 477 g/mol. The maximum absolute atomic E-state index is 13.2. The topological polar surface area (TPSA) is 68.8 Å². The van der Waals surface area contributed by atoms with Gasteiger partial charge in [-0.1, -0.05) is 92.1 Å². The first-order valence-electron chi connectivity index (χ1n) is 12.8. The van der Waals surface area contributed by atoms with Gasteiger partial charge >= 0.3 is 5.97 Å². The number of rotatable bonds is 5. The van der Waals surface area contributed by atoms with Gasteiger partial charge in [-0.05, 0) is 30.5 Å². The van der Waals surface area contributed by atoms with Crippen molar-refractivity contribution in [2.75, 3.05) is 6.61 Å². The molecule has 0 spiro atoms. The van der Waals surface area contributed by atoms with E-state index in [4.69, 9.17) is 19.8 Å². The van der Waals surface area contributed by atoms with Gasteiger partial charge in [0.1, 0.15) is 17.0 Å². The fraction of sp³-hybridized carbons (Fsp3) is 0.267. The van der Waals surface area contributed by atoms with E-state index in [9.17, 15) is 4.79 Å². The highest BCUT2D eigenvalue weighted by atomic mass is 16.5. The van der Waals surface area contributed by atoms with Crippen molar-refractivity contribution in [1.29, 1.82) is 0 Å². The molecule has 4 aromatic rings. The Morgan fingerprint density at radius 1 is 0.972 bits per heavy atom. The number of aromatic nitrogens is 2. The molecule has 1 fully saturated rings. The molecule has 1 aliphatic carbocycles. The second-order valence-corrected chi connectivity index (χ2v) is 9.28. The minimum Gasteiger partial charge on any atom is -0.462 e. The molecule has 0 atom stereocenters. The van der Waals surface area contributed by atoms with Crippen LogP contribution in [0.1, 0.15) is 54.9 Å². The zero-order chi connectivity index (χ0) is 24.5. The molecule has 0 N–H and O–H groups in total. The van der Waals surface area contributed by atoms with Crippen LogP contribution in [0.4, 0.5) is 5.82 Å². The molecule has 0 amide bonds. The summed E-state index contributed by atoms with van der Waals surface area (Å²) < 4.78 is 7.23. The quantitative estimate of drug-likeness (QED) is 0.305. The standard InChI is InChI=1S/C30H28N4O2/c1-2-36-30(35)25-26(21-13-5-3-6-14-21)33-34-28(25)32-27(29(34)31-22-16-7-4-8-17-22)24-19-11-15-20-12-9-10-18-23(20)24/h3,5-6,9-15,18-19,22H,2,4,7-8,16-17H2,1H3. The molecule has 36 heavy (non-hydrogen) atoms. The Bertz CT molecular complexity index is 1490. The van der Waals surface area contributed by atoms with E-state index in [1.807, 2.05) is 55.5 Å². The van der Waals surface area contributed by atoms with Crippen molar-refractivity contribution in [1.82, 2.24) is 9.78 Å². The van der Waals surface area contributed by atoms with Crippen LogP contribution in [0.25, 0.3) is 22.0 Å². The normalized spacial score (nSPS) is 16.8. The molecule has 2 heterocycles. The number of hydrogen-bond acceptors (Lipinski definition) is 5. The van der Waals surface area contributed by atoms with Crippen molar-refractivity contribution in [3.05, 3.63) is 83.9 Å². The molecule has 6 heteroatoms. The van der Waals surface area contributed by atoms with Crippen molar-refractivity contribution in [2.45, 2.75) is 45.1 Å². The molecular formula is C30H28N4O2. The maximum atomic E-state index is 13.2. The number of aliphatic imine (C=N–C) groups is 2. The summed E-state index contributed by atoms with van der Waals surface area (Å²) in [6, 6.07) is 24.5. The molecule has 1 saturated carbocycles. The van der Waals surface area contributed by atoms with Gasteiger partial charge in [0.25, 0.3) is 0 Å². The van der Waals surface area contributed by atoms with Crippen LogP contribution in [0.15, 0.2) is 82.8 Å². The SMILES string of the molecule is CCOC(=O)c1c(-c2ccccc2)nn2c1N=C(c1cccc3ccccc13)C2=NC1CCCCC1. The predicted molar refractivity (Wildman–Crippen MR) is 143 cm³/mol. The molecule has 3 aromatic carbocycles. The highest BCUT2D eigenvalue weighted by Crippen LogP contribution is 2.37. The molecule has 2 aliphatic rings. The minimum atomic E-state index is -0.419. The van der Waals surface area contributed by atoms with Gasteiger partial charge in [-0.25, -0.2) is 9.79 Å². The molecule has 1 aliphatic heterocycles. The summed E-state index contributed by atoms with van der Waals surface area (Å²) in [5.41, 5.74) is 3.55. The lowest BCUT2D eigenvalue weighted by atomic mass is 9.95. The van der Waals surface area contributed by atoms with E-state index in [0.717, 1.165) is 40.5 Å². The van der Waals surface area contributed by atoms with Crippen LogP contribution < -0.4 is 0 Å². The lowest BCUT2D eigenvalue weighted by molar-refractivity contribution is 0.0528. The Labute approximate surface area is 210 Å². The predicted octanol–water partition coefficient (Wildman–Crippen LogP) is 6.59. The van der Waals surface area contributed by atoms with E-state index in [1.165, 1.54) is 19.3 Å². The van der Waals surface area contributed by atoms with Crippen LogP contribution in [0.2, 0.25) is 0 Å². The van der Waals surface area contributed by atoms with E-state index < -0.39 is 5.97 Å². The number of nitrogens with zero attached hydrogens (tertiary/aromatic N) is 4. The Kier molecular flexibility index (Phi) is 5.93. The third-order valence-corrected chi connectivity index (χ3v) is 6.94. The van der Waals surface area contributed by atoms with E-state index in [2.05, 4.69) is 24.3 Å². The molecule has 6 nitrogen and oxygen atoms in total. The highest BCUT2D eigenvalue weighted by molar-refractivity contribution is 6.52. The van der Waals surface area contributed by atoms with Gasteiger partial charge in [0.2, 0.25) is 0 Å². The molecule has 0 unspecified atom stereocenters. The average Bonchev–Trinajstić information content (AvgIpc) is 3.46. The fourth-order valence-electron chi connectivity index (χ4n) is 5.22. The van der Waals surface area contributed by atoms with Crippen molar-refractivity contribution in [2.24, 2.45) is 9.98 Å². The van der Waals surface area contributed by atoms with Gasteiger partial charge in [-0.3, -0.25) is 4.99 Å². The number of fused-ring (bicyclic) bond motifs is 2. The van der Waals surface area contributed by atoms with Crippen LogP contribution in [0.5, 0.6) is 0 Å². The summed E-state index contributed by atoms with van der Waals surface area (Å²) in [6.45, 7) is 2.09. The van der Waals surface area contributed by atoms with Gasteiger partial charge in [0, 0.05) is 11.1 Å². The number of esters is 1. The lowest BCUT2D eigenvalue weighted by Gasteiger charge is -2.19. The van der Waals surface area contributed by atoms with Crippen LogP contribution in [0.3, 0.4) is 0 Å². The third-order valence-electron chi connectivity index (χ3n) is 6.94. The molecule has 0 radical (unpaired) electrons. The first-order valence-corrected chi connectivity index (χ1v) is 12.8. The van der Waals surface area contributed by atoms with Gasteiger partial charge in [0.15, 0.2) is 11.7 Å². The number of ether oxygens (including phenoxy) is 1. The Morgan fingerprint density at radius 2 is 1.72 bits per heavy atom. The number of carbonyl (C=O) groups excluding carboxylic acids is 1. The van der Waals surface area contributed by atoms with E-state index >= 15 is 0 Å². The first kappa shape index (κ1) is 22.4. The van der Waals surface area contributed by atoms with Gasteiger partial charge in [-0.2, -0.15) is 9.78 Å². The van der Waals surface area contributed by atoms with Crippen molar-refractivity contribution < 1.29 is 9.53 Å². The summed E-state index contributed by atoms with van der Waals surface area (Å²) in [4.78, 5) is 23.5.